The van der Waals surface area contributed by atoms with Crippen LogP contribution in [-0.4, -0.2) is 24.7 Å². The smallest absolute Gasteiger partial charge is 0.188 e. The summed E-state index contributed by atoms with van der Waals surface area (Å²) in [5.74, 6) is 1.63. The molecule has 114 valence electrons. The fraction of sp³-hybridized carbons (Fsp3) is 0.500. The van der Waals surface area contributed by atoms with Crippen molar-refractivity contribution in [1.29, 1.82) is 0 Å². The molecular formula is C14H24IN3O2. The maximum atomic E-state index is 9.64. The Kier molecular flexibility index (Phi) is 9.11. The predicted octanol–water partition coefficient (Wildman–Crippen LogP) is 2.47. The molecule has 0 spiro atoms. The molecule has 0 atom stereocenters. The van der Waals surface area contributed by atoms with Crippen molar-refractivity contribution in [1.82, 2.24) is 5.32 Å². The quantitative estimate of drug-likeness (QED) is 0.394. The lowest BCUT2D eigenvalue weighted by atomic mass is 10.1. The Morgan fingerprint density at radius 3 is 2.70 bits per heavy atom. The fourth-order valence-corrected chi connectivity index (χ4v) is 1.56. The Morgan fingerprint density at radius 2 is 2.15 bits per heavy atom. The standard InChI is InChI=1S/C14H23N3O2.HI/c1-10(2)6-7-16-14(15)17-9-11-4-5-13(19-3)12(18)8-11;/h4-5,8,10,18H,6-7,9H2,1-3H3,(H3,15,16,17);1H. The lowest BCUT2D eigenvalue weighted by molar-refractivity contribution is 0.373. The molecule has 0 aliphatic rings. The number of aromatic hydroxyl groups is 1. The number of nitrogens with zero attached hydrogens (tertiary/aromatic N) is 1. The van der Waals surface area contributed by atoms with E-state index < -0.39 is 0 Å². The molecule has 6 heteroatoms. The third-order valence-electron chi connectivity index (χ3n) is 2.70. The number of phenols is 1. The molecule has 0 aliphatic carbocycles. The molecular weight excluding hydrogens is 369 g/mol. The molecule has 0 radical (unpaired) electrons. The van der Waals surface area contributed by atoms with Gasteiger partial charge in [0.2, 0.25) is 0 Å². The number of ether oxygens (including phenoxy) is 1. The zero-order chi connectivity index (χ0) is 14.3. The van der Waals surface area contributed by atoms with Gasteiger partial charge in [-0.3, -0.25) is 0 Å². The topological polar surface area (TPSA) is 79.9 Å². The Morgan fingerprint density at radius 1 is 1.45 bits per heavy atom. The van der Waals surface area contributed by atoms with E-state index in [2.05, 4.69) is 24.2 Å². The maximum absolute atomic E-state index is 9.64. The van der Waals surface area contributed by atoms with Crippen LogP contribution in [0.1, 0.15) is 25.8 Å². The van der Waals surface area contributed by atoms with Crippen LogP contribution in [0, 0.1) is 5.92 Å². The summed E-state index contributed by atoms with van der Waals surface area (Å²) in [6, 6.07) is 5.19. The van der Waals surface area contributed by atoms with Crippen LogP contribution < -0.4 is 15.8 Å². The molecule has 0 unspecified atom stereocenters. The summed E-state index contributed by atoms with van der Waals surface area (Å²) in [7, 11) is 1.52. The average molecular weight is 393 g/mol. The molecule has 0 saturated carbocycles. The van der Waals surface area contributed by atoms with Crippen molar-refractivity contribution in [2.75, 3.05) is 13.7 Å². The largest absolute Gasteiger partial charge is 0.504 e. The fourth-order valence-electron chi connectivity index (χ4n) is 1.56. The minimum Gasteiger partial charge on any atom is -0.504 e. The van der Waals surface area contributed by atoms with Crippen LogP contribution in [0.25, 0.3) is 0 Å². The Labute approximate surface area is 137 Å². The van der Waals surface area contributed by atoms with Gasteiger partial charge in [0.1, 0.15) is 0 Å². The summed E-state index contributed by atoms with van der Waals surface area (Å²) in [5, 5.41) is 12.7. The number of guanidine groups is 1. The number of phenolic OH excluding ortho intramolecular Hbond substituents is 1. The van der Waals surface area contributed by atoms with Gasteiger partial charge in [-0.15, -0.1) is 24.0 Å². The molecule has 0 bridgehead atoms. The minimum atomic E-state index is 0. The van der Waals surface area contributed by atoms with Gasteiger partial charge in [-0.1, -0.05) is 19.9 Å². The SMILES string of the molecule is COc1ccc(CN=C(N)NCCC(C)C)cc1O.I. The van der Waals surface area contributed by atoms with Crippen molar-refractivity contribution in [3.8, 4) is 11.5 Å². The van der Waals surface area contributed by atoms with Crippen molar-refractivity contribution in [2.45, 2.75) is 26.8 Å². The van der Waals surface area contributed by atoms with Crippen LogP contribution in [0.15, 0.2) is 23.2 Å². The van der Waals surface area contributed by atoms with E-state index in [1.807, 2.05) is 6.07 Å². The minimum absolute atomic E-state index is 0. The van der Waals surface area contributed by atoms with E-state index in [4.69, 9.17) is 10.5 Å². The second-order valence-corrected chi connectivity index (χ2v) is 4.82. The van der Waals surface area contributed by atoms with E-state index in [1.165, 1.54) is 7.11 Å². The highest BCUT2D eigenvalue weighted by molar-refractivity contribution is 14.0. The monoisotopic (exact) mass is 393 g/mol. The molecule has 0 aromatic heterocycles. The van der Waals surface area contributed by atoms with Crippen molar-refractivity contribution in [3.63, 3.8) is 0 Å². The number of hydrogen-bond donors (Lipinski definition) is 3. The Bertz CT molecular complexity index is 436. The Hall–Kier alpha value is -1.18. The number of rotatable bonds is 6. The molecule has 4 N–H and O–H groups in total. The van der Waals surface area contributed by atoms with E-state index in [-0.39, 0.29) is 29.7 Å². The van der Waals surface area contributed by atoms with E-state index in [9.17, 15) is 5.11 Å². The number of benzene rings is 1. The second kappa shape index (κ2) is 9.68. The van der Waals surface area contributed by atoms with E-state index >= 15 is 0 Å². The zero-order valence-corrected chi connectivity index (χ0v) is 14.5. The van der Waals surface area contributed by atoms with Crippen molar-refractivity contribution < 1.29 is 9.84 Å². The molecule has 0 saturated heterocycles. The average Bonchev–Trinajstić information content (AvgIpc) is 2.36. The summed E-state index contributed by atoms with van der Waals surface area (Å²) in [6.07, 6.45) is 1.06. The van der Waals surface area contributed by atoms with Gasteiger partial charge in [0, 0.05) is 6.54 Å². The first-order valence-electron chi connectivity index (χ1n) is 6.42. The van der Waals surface area contributed by atoms with Gasteiger partial charge in [0.25, 0.3) is 0 Å². The molecule has 0 heterocycles. The molecule has 0 fully saturated rings. The highest BCUT2D eigenvalue weighted by Gasteiger charge is 2.02. The van der Waals surface area contributed by atoms with Gasteiger partial charge < -0.3 is 20.9 Å². The molecule has 1 rings (SSSR count). The number of nitrogens with two attached hydrogens (primary N) is 1. The Balaban J connectivity index is 0.00000361. The summed E-state index contributed by atoms with van der Waals surface area (Å²) >= 11 is 0. The molecule has 1 aromatic rings. The number of aliphatic imine (C=N–C) groups is 1. The highest BCUT2D eigenvalue weighted by Crippen LogP contribution is 2.26. The summed E-state index contributed by atoms with van der Waals surface area (Å²) in [5.41, 5.74) is 6.63. The van der Waals surface area contributed by atoms with Gasteiger partial charge in [0.05, 0.1) is 13.7 Å². The number of hydrogen-bond acceptors (Lipinski definition) is 3. The predicted molar refractivity (Wildman–Crippen MR) is 92.9 cm³/mol. The second-order valence-electron chi connectivity index (χ2n) is 4.82. The van der Waals surface area contributed by atoms with Gasteiger partial charge in [0.15, 0.2) is 17.5 Å². The third-order valence-corrected chi connectivity index (χ3v) is 2.70. The normalized spacial score (nSPS) is 11.1. The maximum Gasteiger partial charge on any atom is 0.188 e. The van der Waals surface area contributed by atoms with Crippen molar-refractivity contribution in [3.05, 3.63) is 23.8 Å². The summed E-state index contributed by atoms with van der Waals surface area (Å²) < 4.78 is 4.98. The highest BCUT2D eigenvalue weighted by atomic mass is 127. The first kappa shape index (κ1) is 18.8. The zero-order valence-electron chi connectivity index (χ0n) is 12.2. The lowest BCUT2D eigenvalue weighted by Gasteiger charge is -2.08. The van der Waals surface area contributed by atoms with E-state index in [0.717, 1.165) is 18.5 Å². The van der Waals surface area contributed by atoms with Crippen LogP contribution in [0.2, 0.25) is 0 Å². The van der Waals surface area contributed by atoms with Crippen molar-refractivity contribution in [2.24, 2.45) is 16.6 Å². The number of nitrogens with one attached hydrogen (secondary N) is 1. The molecule has 0 amide bonds. The van der Waals surface area contributed by atoms with E-state index in [1.54, 1.807) is 12.1 Å². The van der Waals surface area contributed by atoms with Gasteiger partial charge >= 0.3 is 0 Å². The van der Waals surface area contributed by atoms with Crippen LogP contribution in [0.3, 0.4) is 0 Å². The number of methoxy groups -OCH3 is 1. The molecule has 5 nitrogen and oxygen atoms in total. The molecule has 20 heavy (non-hydrogen) atoms. The first-order valence-corrected chi connectivity index (χ1v) is 6.42. The van der Waals surface area contributed by atoms with E-state index in [0.29, 0.717) is 24.2 Å². The third kappa shape index (κ3) is 6.83. The van der Waals surface area contributed by atoms with Crippen LogP contribution in [0.5, 0.6) is 11.5 Å². The van der Waals surface area contributed by atoms with Crippen molar-refractivity contribution >= 4 is 29.9 Å². The first-order chi connectivity index (χ1) is 9.02. The van der Waals surface area contributed by atoms with Gasteiger partial charge in [-0.05, 0) is 30.0 Å². The van der Waals surface area contributed by atoms with Gasteiger partial charge in [-0.2, -0.15) is 0 Å². The molecule has 1 aromatic carbocycles. The lowest BCUT2D eigenvalue weighted by Crippen LogP contribution is -2.32. The summed E-state index contributed by atoms with van der Waals surface area (Å²) in [6.45, 7) is 5.57. The summed E-state index contributed by atoms with van der Waals surface area (Å²) in [4.78, 5) is 4.22. The molecule has 0 aliphatic heterocycles. The van der Waals surface area contributed by atoms with Crippen LogP contribution >= 0.6 is 24.0 Å². The van der Waals surface area contributed by atoms with Crippen LogP contribution in [-0.2, 0) is 6.54 Å². The number of halogens is 1. The van der Waals surface area contributed by atoms with Crippen LogP contribution in [0.4, 0.5) is 0 Å². The van der Waals surface area contributed by atoms with Gasteiger partial charge in [-0.25, -0.2) is 4.99 Å².